The van der Waals surface area contributed by atoms with Crippen LogP contribution in [0.4, 0.5) is 5.69 Å². The summed E-state index contributed by atoms with van der Waals surface area (Å²) >= 11 is 1.70. The van der Waals surface area contributed by atoms with Crippen LogP contribution in [0.3, 0.4) is 0 Å². The van der Waals surface area contributed by atoms with Gasteiger partial charge in [0.05, 0.1) is 30.1 Å². The van der Waals surface area contributed by atoms with Crippen molar-refractivity contribution < 1.29 is 14.6 Å². The van der Waals surface area contributed by atoms with Gasteiger partial charge in [-0.2, -0.15) is 5.10 Å². The molecular weight excluding hydrogens is 360 g/mol. The van der Waals surface area contributed by atoms with E-state index in [9.17, 15) is 4.79 Å². The highest BCUT2D eigenvalue weighted by Gasteiger charge is 2.30. The van der Waals surface area contributed by atoms with Crippen LogP contribution in [-0.2, 0) is 0 Å². The maximum Gasteiger partial charge on any atom is 0.335 e. The number of ether oxygens (including phenoxy) is 1. The molecule has 0 radical (unpaired) electrons. The van der Waals surface area contributed by atoms with E-state index in [1.54, 1.807) is 30.6 Å². The summed E-state index contributed by atoms with van der Waals surface area (Å²) in [5, 5.41) is 18.0. The van der Waals surface area contributed by atoms with Gasteiger partial charge in [-0.25, -0.2) is 4.79 Å². The number of hydrogen-bond acceptors (Lipinski definition) is 5. The lowest BCUT2D eigenvalue weighted by molar-refractivity contribution is 0.0697. The Balaban J connectivity index is 1.70. The van der Waals surface area contributed by atoms with E-state index in [1.807, 2.05) is 47.5 Å². The van der Waals surface area contributed by atoms with Crippen molar-refractivity contribution >= 4 is 28.7 Å². The summed E-state index contributed by atoms with van der Waals surface area (Å²) in [5.41, 5.74) is 3.20. The standard InChI is InChI=1S/C21H18N2O3S/c1-26-17-10-6-14(7-11-17)18-13-19(20-3-2-12-27-20)23(22-18)16-8-4-15(5-9-16)21(24)25/h2-12,19H,13H2,1H3,(H,24,25)/t19-/m0/s1. The highest BCUT2D eigenvalue weighted by atomic mass is 32.1. The van der Waals surface area contributed by atoms with Crippen molar-refractivity contribution in [3.8, 4) is 5.75 Å². The largest absolute Gasteiger partial charge is 0.497 e. The first-order chi connectivity index (χ1) is 13.2. The third kappa shape index (κ3) is 3.44. The van der Waals surface area contributed by atoms with Crippen LogP contribution in [0.1, 0.15) is 33.3 Å². The van der Waals surface area contributed by atoms with Crippen molar-refractivity contribution in [1.29, 1.82) is 0 Å². The second-order valence-electron chi connectivity index (χ2n) is 6.21. The SMILES string of the molecule is COc1ccc(C2=NN(c3ccc(C(=O)O)cc3)[C@H](c3cccs3)C2)cc1. The van der Waals surface area contributed by atoms with E-state index in [-0.39, 0.29) is 11.6 Å². The van der Waals surface area contributed by atoms with Gasteiger partial charge in [-0.05, 0) is 65.5 Å². The Morgan fingerprint density at radius 2 is 1.89 bits per heavy atom. The maximum atomic E-state index is 11.1. The van der Waals surface area contributed by atoms with Crippen molar-refractivity contribution in [2.24, 2.45) is 5.10 Å². The number of methoxy groups -OCH3 is 1. The second kappa shape index (κ2) is 7.25. The van der Waals surface area contributed by atoms with E-state index in [1.165, 1.54) is 4.88 Å². The van der Waals surface area contributed by atoms with Gasteiger partial charge < -0.3 is 9.84 Å². The number of carbonyl (C=O) groups is 1. The molecule has 1 N–H and O–H groups in total. The lowest BCUT2D eigenvalue weighted by Crippen LogP contribution is -2.17. The Morgan fingerprint density at radius 1 is 1.15 bits per heavy atom. The Labute approximate surface area is 161 Å². The second-order valence-corrected chi connectivity index (χ2v) is 7.19. The van der Waals surface area contributed by atoms with Gasteiger partial charge in [0.1, 0.15) is 5.75 Å². The van der Waals surface area contributed by atoms with E-state index >= 15 is 0 Å². The molecule has 0 saturated carbocycles. The fourth-order valence-electron chi connectivity index (χ4n) is 3.17. The molecule has 0 bridgehead atoms. The number of rotatable bonds is 5. The molecule has 6 heteroatoms. The molecule has 0 fully saturated rings. The number of carboxylic acids is 1. The van der Waals surface area contributed by atoms with Crippen molar-refractivity contribution in [2.45, 2.75) is 12.5 Å². The first kappa shape index (κ1) is 17.3. The molecule has 5 nitrogen and oxygen atoms in total. The Kier molecular flexibility index (Phi) is 4.64. The summed E-state index contributed by atoms with van der Waals surface area (Å²) in [4.78, 5) is 12.4. The van der Waals surface area contributed by atoms with Gasteiger partial charge in [-0.15, -0.1) is 11.3 Å². The molecular formula is C21H18N2O3S. The van der Waals surface area contributed by atoms with Gasteiger partial charge in [-0.1, -0.05) is 6.07 Å². The molecule has 136 valence electrons. The average molecular weight is 378 g/mol. The fourth-order valence-corrected chi connectivity index (χ4v) is 3.98. The Hall–Kier alpha value is -3.12. The van der Waals surface area contributed by atoms with Crippen LogP contribution in [0.5, 0.6) is 5.75 Å². The maximum absolute atomic E-state index is 11.1. The molecule has 3 aromatic rings. The van der Waals surface area contributed by atoms with E-state index in [2.05, 4.69) is 11.4 Å². The third-order valence-corrected chi connectivity index (χ3v) is 5.56. The van der Waals surface area contributed by atoms with Crippen LogP contribution in [0.2, 0.25) is 0 Å². The molecule has 0 spiro atoms. The number of hydrogen-bond donors (Lipinski definition) is 1. The zero-order chi connectivity index (χ0) is 18.8. The number of thiophene rings is 1. The molecule has 1 aromatic heterocycles. The quantitative estimate of drug-likeness (QED) is 0.692. The van der Waals surface area contributed by atoms with E-state index < -0.39 is 5.97 Å². The van der Waals surface area contributed by atoms with Gasteiger partial charge in [0.2, 0.25) is 0 Å². The molecule has 2 aromatic carbocycles. The Morgan fingerprint density at radius 3 is 2.48 bits per heavy atom. The van der Waals surface area contributed by atoms with Crippen LogP contribution >= 0.6 is 11.3 Å². The van der Waals surface area contributed by atoms with Crippen molar-refractivity contribution in [2.75, 3.05) is 12.1 Å². The third-order valence-electron chi connectivity index (χ3n) is 4.58. The van der Waals surface area contributed by atoms with Crippen LogP contribution in [0, 0.1) is 0 Å². The predicted octanol–water partition coefficient (Wildman–Crippen LogP) is 4.81. The van der Waals surface area contributed by atoms with Crippen molar-refractivity contribution in [3.63, 3.8) is 0 Å². The Bertz CT molecular complexity index is 964. The molecule has 27 heavy (non-hydrogen) atoms. The fraction of sp³-hybridized carbons (Fsp3) is 0.143. The predicted molar refractivity (Wildman–Crippen MR) is 107 cm³/mol. The summed E-state index contributed by atoms with van der Waals surface area (Å²) < 4.78 is 5.24. The number of benzene rings is 2. The van der Waals surface area contributed by atoms with Gasteiger partial charge in [0.25, 0.3) is 0 Å². The van der Waals surface area contributed by atoms with Crippen molar-refractivity contribution in [3.05, 3.63) is 82.0 Å². The van der Waals surface area contributed by atoms with E-state index in [0.717, 1.165) is 29.1 Å². The lowest BCUT2D eigenvalue weighted by Gasteiger charge is -2.22. The summed E-state index contributed by atoms with van der Waals surface area (Å²) in [6.45, 7) is 0. The van der Waals surface area contributed by atoms with Crippen LogP contribution in [0.25, 0.3) is 0 Å². The van der Waals surface area contributed by atoms with Gasteiger partial charge in [0, 0.05) is 11.3 Å². The minimum atomic E-state index is -0.930. The van der Waals surface area contributed by atoms with E-state index in [0.29, 0.717) is 0 Å². The van der Waals surface area contributed by atoms with E-state index in [4.69, 9.17) is 14.9 Å². The number of carboxylic acid groups (broad SMARTS) is 1. The summed E-state index contributed by atoms with van der Waals surface area (Å²) in [7, 11) is 1.65. The molecule has 4 rings (SSSR count). The molecule has 0 unspecified atom stereocenters. The first-order valence-corrected chi connectivity index (χ1v) is 9.41. The van der Waals surface area contributed by atoms with Crippen LogP contribution < -0.4 is 9.75 Å². The molecule has 0 amide bonds. The molecule has 0 aliphatic carbocycles. The molecule has 1 atom stereocenters. The number of nitrogens with zero attached hydrogens (tertiary/aromatic N) is 2. The zero-order valence-corrected chi connectivity index (χ0v) is 15.5. The highest BCUT2D eigenvalue weighted by Crippen LogP contribution is 2.38. The van der Waals surface area contributed by atoms with Crippen molar-refractivity contribution in [1.82, 2.24) is 0 Å². The topological polar surface area (TPSA) is 62.1 Å². The molecule has 1 aliphatic rings. The lowest BCUT2D eigenvalue weighted by atomic mass is 10.0. The normalized spacial score (nSPS) is 16.3. The minimum Gasteiger partial charge on any atom is -0.497 e. The first-order valence-electron chi connectivity index (χ1n) is 8.53. The highest BCUT2D eigenvalue weighted by molar-refractivity contribution is 7.10. The summed E-state index contributed by atoms with van der Waals surface area (Å²) in [6.07, 6.45) is 0.785. The smallest absolute Gasteiger partial charge is 0.335 e. The monoisotopic (exact) mass is 378 g/mol. The van der Waals surface area contributed by atoms with Crippen LogP contribution in [0.15, 0.2) is 71.1 Å². The van der Waals surface area contributed by atoms with Gasteiger partial charge in [0.15, 0.2) is 0 Å². The number of aromatic carboxylic acids is 1. The minimum absolute atomic E-state index is 0.0952. The average Bonchev–Trinajstić information content (AvgIpc) is 3.38. The molecule has 1 aliphatic heterocycles. The summed E-state index contributed by atoms with van der Waals surface area (Å²) in [5.74, 6) is -0.117. The zero-order valence-electron chi connectivity index (χ0n) is 14.7. The summed E-state index contributed by atoms with van der Waals surface area (Å²) in [6, 6.07) is 19.0. The number of anilines is 1. The molecule has 0 saturated heterocycles. The van der Waals surface area contributed by atoms with Crippen LogP contribution in [-0.4, -0.2) is 23.9 Å². The molecule has 2 heterocycles. The number of hydrazone groups is 1. The van der Waals surface area contributed by atoms with Gasteiger partial charge >= 0.3 is 5.97 Å². The van der Waals surface area contributed by atoms with Gasteiger partial charge in [-0.3, -0.25) is 5.01 Å².